The lowest BCUT2D eigenvalue weighted by Gasteiger charge is -1.99. The second kappa shape index (κ2) is 5.35. The van der Waals surface area contributed by atoms with Crippen molar-refractivity contribution in [2.75, 3.05) is 0 Å². The molecular formula is C19H14N2S. The van der Waals surface area contributed by atoms with E-state index in [1.165, 1.54) is 16.3 Å². The van der Waals surface area contributed by atoms with Crippen LogP contribution in [-0.4, -0.2) is 10.2 Å². The van der Waals surface area contributed by atoms with Gasteiger partial charge in [0, 0.05) is 11.1 Å². The molecule has 0 spiro atoms. The van der Waals surface area contributed by atoms with Gasteiger partial charge in [0.2, 0.25) is 0 Å². The van der Waals surface area contributed by atoms with Gasteiger partial charge in [-0.05, 0) is 23.8 Å². The molecular weight excluding hydrogens is 288 g/mol. The van der Waals surface area contributed by atoms with Gasteiger partial charge in [-0.15, -0.1) is 10.2 Å². The monoisotopic (exact) mass is 302 g/mol. The van der Waals surface area contributed by atoms with E-state index < -0.39 is 0 Å². The van der Waals surface area contributed by atoms with Gasteiger partial charge in [-0.2, -0.15) is 0 Å². The first-order valence-corrected chi connectivity index (χ1v) is 8.01. The van der Waals surface area contributed by atoms with Crippen LogP contribution in [0, 0.1) is 6.92 Å². The Balaban J connectivity index is 1.74. The summed E-state index contributed by atoms with van der Waals surface area (Å²) in [6.07, 6.45) is 0. The highest BCUT2D eigenvalue weighted by molar-refractivity contribution is 7.17. The smallest absolute Gasteiger partial charge is 0.138 e. The van der Waals surface area contributed by atoms with Crippen molar-refractivity contribution in [2.45, 2.75) is 6.92 Å². The molecule has 22 heavy (non-hydrogen) atoms. The normalized spacial score (nSPS) is 11.0. The van der Waals surface area contributed by atoms with Crippen molar-refractivity contribution in [3.05, 3.63) is 72.3 Å². The third-order valence-corrected chi connectivity index (χ3v) is 4.74. The van der Waals surface area contributed by atoms with Crippen LogP contribution in [0.15, 0.2) is 66.7 Å². The quantitative estimate of drug-likeness (QED) is 0.500. The molecule has 0 saturated heterocycles. The molecule has 0 atom stereocenters. The predicted octanol–water partition coefficient (Wildman–Crippen LogP) is 5.33. The average Bonchev–Trinajstić information content (AvgIpc) is 3.05. The molecule has 0 fully saturated rings. The molecule has 3 aromatic carbocycles. The summed E-state index contributed by atoms with van der Waals surface area (Å²) >= 11 is 1.63. The first-order valence-electron chi connectivity index (χ1n) is 7.19. The molecule has 3 heteroatoms. The lowest BCUT2D eigenvalue weighted by atomic mass is 10.1. The lowest BCUT2D eigenvalue weighted by Crippen LogP contribution is -1.79. The number of nitrogens with zero attached hydrogens (tertiary/aromatic N) is 2. The Hall–Kier alpha value is -2.52. The highest BCUT2D eigenvalue weighted by Crippen LogP contribution is 2.31. The molecule has 1 aromatic heterocycles. The maximum absolute atomic E-state index is 4.36. The van der Waals surface area contributed by atoms with Crippen molar-refractivity contribution in [1.82, 2.24) is 10.2 Å². The molecule has 0 N–H and O–H groups in total. The van der Waals surface area contributed by atoms with Crippen molar-refractivity contribution in [3.63, 3.8) is 0 Å². The molecule has 4 rings (SSSR count). The number of benzene rings is 3. The summed E-state index contributed by atoms with van der Waals surface area (Å²) in [7, 11) is 0. The van der Waals surface area contributed by atoms with Crippen LogP contribution in [0.1, 0.15) is 5.56 Å². The van der Waals surface area contributed by atoms with Crippen LogP contribution in [0.3, 0.4) is 0 Å². The van der Waals surface area contributed by atoms with Gasteiger partial charge in [0.05, 0.1) is 0 Å². The zero-order chi connectivity index (χ0) is 14.9. The molecule has 0 aliphatic heterocycles. The number of hydrogen-bond acceptors (Lipinski definition) is 3. The van der Waals surface area contributed by atoms with E-state index in [4.69, 9.17) is 0 Å². The topological polar surface area (TPSA) is 25.8 Å². The Morgan fingerprint density at radius 3 is 2.09 bits per heavy atom. The van der Waals surface area contributed by atoms with Gasteiger partial charge in [0.25, 0.3) is 0 Å². The summed E-state index contributed by atoms with van der Waals surface area (Å²) in [5.41, 5.74) is 3.49. The third kappa shape index (κ3) is 2.40. The Morgan fingerprint density at radius 2 is 1.32 bits per heavy atom. The largest absolute Gasteiger partial charge is 0.148 e. The number of hydrogen-bond donors (Lipinski definition) is 0. The van der Waals surface area contributed by atoms with Gasteiger partial charge in [-0.25, -0.2) is 0 Å². The van der Waals surface area contributed by atoms with Gasteiger partial charge in [-0.3, -0.25) is 0 Å². The van der Waals surface area contributed by atoms with Gasteiger partial charge in [0.15, 0.2) is 0 Å². The number of aromatic nitrogens is 2. The Kier molecular flexibility index (Phi) is 3.20. The van der Waals surface area contributed by atoms with E-state index >= 15 is 0 Å². The van der Waals surface area contributed by atoms with Crippen LogP contribution in [0.25, 0.3) is 31.9 Å². The molecule has 0 radical (unpaired) electrons. The van der Waals surface area contributed by atoms with Crippen LogP contribution < -0.4 is 0 Å². The summed E-state index contributed by atoms with van der Waals surface area (Å²) in [4.78, 5) is 0. The minimum Gasteiger partial charge on any atom is -0.138 e. The fourth-order valence-electron chi connectivity index (χ4n) is 2.48. The van der Waals surface area contributed by atoms with Crippen LogP contribution >= 0.6 is 11.3 Å². The van der Waals surface area contributed by atoms with Crippen LogP contribution in [0.2, 0.25) is 0 Å². The molecule has 1 heterocycles. The molecule has 0 aliphatic carbocycles. The van der Waals surface area contributed by atoms with Crippen LogP contribution in [0.5, 0.6) is 0 Å². The van der Waals surface area contributed by atoms with E-state index in [2.05, 4.69) is 83.9 Å². The second-order valence-electron chi connectivity index (χ2n) is 5.34. The van der Waals surface area contributed by atoms with Gasteiger partial charge >= 0.3 is 0 Å². The van der Waals surface area contributed by atoms with Gasteiger partial charge < -0.3 is 0 Å². The summed E-state index contributed by atoms with van der Waals surface area (Å²) in [6.45, 7) is 2.09. The minimum atomic E-state index is 0.960. The Morgan fingerprint density at radius 1 is 0.682 bits per heavy atom. The van der Waals surface area contributed by atoms with Gasteiger partial charge in [-0.1, -0.05) is 77.6 Å². The highest BCUT2D eigenvalue weighted by Gasteiger charge is 2.09. The standard InChI is InChI=1S/C19H14N2S/c1-13-6-8-15(9-7-13)18-20-21-19(22-18)17-11-10-14-4-2-3-5-16(14)12-17/h2-12H,1H3. The first-order chi connectivity index (χ1) is 10.8. The summed E-state index contributed by atoms with van der Waals surface area (Å²) < 4.78 is 0. The zero-order valence-electron chi connectivity index (χ0n) is 12.2. The van der Waals surface area contributed by atoms with E-state index in [-0.39, 0.29) is 0 Å². The Bertz CT molecular complexity index is 939. The van der Waals surface area contributed by atoms with Crippen molar-refractivity contribution >= 4 is 22.1 Å². The maximum atomic E-state index is 4.36. The molecule has 4 aromatic rings. The molecule has 0 aliphatic rings. The molecule has 106 valence electrons. The molecule has 0 bridgehead atoms. The average molecular weight is 302 g/mol. The number of aryl methyl sites for hydroxylation is 1. The third-order valence-electron chi connectivity index (χ3n) is 3.72. The molecule has 0 saturated carbocycles. The maximum Gasteiger partial charge on any atom is 0.148 e. The van der Waals surface area contributed by atoms with E-state index in [0.717, 1.165) is 21.1 Å². The summed E-state index contributed by atoms with van der Waals surface area (Å²) in [5.74, 6) is 0. The zero-order valence-corrected chi connectivity index (χ0v) is 13.0. The minimum absolute atomic E-state index is 0.960. The van der Waals surface area contributed by atoms with Crippen molar-refractivity contribution < 1.29 is 0 Å². The number of fused-ring (bicyclic) bond motifs is 1. The first kappa shape index (κ1) is 13.2. The van der Waals surface area contributed by atoms with Crippen molar-refractivity contribution in [1.29, 1.82) is 0 Å². The predicted molar refractivity (Wildman–Crippen MR) is 93.0 cm³/mol. The van der Waals surface area contributed by atoms with Crippen molar-refractivity contribution in [3.8, 4) is 21.1 Å². The summed E-state index contributed by atoms with van der Waals surface area (Å²) in [6, 6.07) is 23.2. The molecule has 0 unspecified atom stereocenters. The Labute approximate surface area is 133 Å². The van der Waals surface area contributed by atoms with E-state index in [0.29, 0.717) is 0 Å². The molecule has 2 nitrogen and oxygen atoms in total. The summed E-state index contributed by atoms with van der Waals surface area (Å²) in [5, 5.41) is 13.1. The fraction of sp³-hybridized carbons (Fsp3) is 0.0526. The SMILES string of the molecule is Cc1ccc(-c2nnc(-c3ccc4ccccc4c3)s2)cc1. The highest BCUT2D eigenvalue weighted by atomic mass is 32.1. The van der Waals surface area contributed by atoms with Crippen LogP contribution in [0.4, 0.5) is 0 Å². The van der Waals surface area contributed by atoms with E-state index in [1.807, 2.05) is 0 Å². The van der Waals surface area contributed by atoms with Crippen LogP contribution in [-0.2, 0) is 0 Å². The lowest BCUT2D eigenvalue weighted by molar-refractivity contribution is 1.10. The molecule has 0 amide bonds. The second-order valence-corrected chi connectivity index (χ2v) is 6.32. The van der Waals surface area contributed by atoms with E-state index in [9.17, 15) is 0 Å². The van der Waals surface area contributed by atoms with E-state index in [1.54, 1.807) is 11.3 Å². The van der Waals surface area contributed by atoms with Gasteiger partial charge in [0.1, 0.15) is 10.0 Å². The number of rotatable bonds is 2. The fourth-order valence-corrected chi connectivity index (χ4v) is 3.32. The van der Waals surface area contributed by atoms with Crippen molar-refractivity contribution in [2.24, 2.45) is 0 Å².